The number of methoxy groups -OCH3 is 1. The molecule has 3 nitrogen and oxygen atoms in total. The van der Waals surface area contributed by atoms with Gasteiger partial charge < -0.3 is 10.1 Å². The Balaban J connectivity index is 1.73. The topological polar surface area (TPSA) is 34.1 Å². The first kappa shape index (κ1) is 13.3. The smallest absolute Gasteiger partial charge is 0.212 e. The van der Waals surface area contributed by atoms with Crippen LogP contribution >= 0.6 is 0 Å². The maximum absolute atomic E-state index is 5.02. The fourth-order valence-electron chi connectivity index (χ4n) is 1.70. The van der Waals surface area contributed by atoms with E-state index in [2.05, 4.69) is 34.6 Å². The summed E-state index contributed by atoms with van der Waals surface area (Å²) in [5, 5.41) is 3.34. The Hall–Kier alpha value is -2.13. The second-order valence-electron chi connectivity index (χ2n) is 4.15. The average Bonchev–Trinajstić information content (AvgIpc) is 2.49. The predicted octanol–water partition coefficient (Wildman–Crippen LogP) is 2.89. The Kier molecular flexibility index (Phi) is 5.14. The Morgan fingerprint density at radius 3 is 2.68 bits per heavy atom. The van der Waals surface area contributed by atoms with Crippen molar-refractivity contribution in [2.75, 3.05) is 13.7 Å². The molecular formula is C16H18N2O. The molecular weight excluding hydrogens is 236 g/mol. The summed E-state index contributed by atoms with van der Waals surface area (Å²) < 4.78 is 5.02. The molecule has 1 aromatic heterocycles. The van der Waals surface area contributed by atoms with Crippen molar-refractivity contribution in [2.45, 2.75) is 6.54 Å². The summed E-state index contributed by atoms with van der Waals surface area (Å²) in [5.41, 5.74) is 2.37. The van der Waals surface area contributed by atoms with Crippen molar-refractivity contribution in [3.05, 3.63) is 65.9 Å². The molecule has 1 heterocycles. The minimum atomic E-state index is 0.646. The van der Waals surface area contributed by atoms with Crippen molar-refractivity contribution >= 4 is 6.08 Å². The zero-order valence-corrected chi connectivity index (χ0v) is 11.0. The maximum atomic E-state index is 5.02. The van der Waals surface area contributed by atoms with Gasteiger partial charge in [-0.25, -0.2) is 4.98 Å². The van der Waals surface area contributed by atoms with E-state index in [1.807, 2.05) is 36.5 Å². The van der Waals surface area contributed by atoms with Crippen molar-refractivity contribution in [3.8, 4) is 5.88 Å². The summed E-state index contributed by atoms with van der Waals surface area (Å²) in [6, 6.07) is 14.2. The number of nitrogens with zero attached hydrogens (tertiary/aromatic N) is 1. The van der Waals surface area contributed by atoms with E-state index in [0.717, 1.165) is 18.7 Å². The molecule has 0 aliphatic carbocycles. The molecule has 0 radical (unpaired) electrons. The van der Waals surface area contributed by atoms with Crippen molar-refractivity contribution < 1.29 is 4.74 Å². The van der Waals surface area contributed by atoms with Crippen LogP contribution < -0.4 is 10.1 Å². The summed E-state index contributed by atoms with van der Waals surface area (Å²) in [4.78, 5) is 4.16. The highest BCUT2D eigenvalue weighted by molar-refractivity contribution is 5.48. The quantitative estimate of drug-likeness (QED) is 0.805. The van der Waals surface area contributed by atoms with Gasteiger partial charge in [-0.15, -0.1) is 0 Å². The van der Waals surface area contributed by atoms with Gasteiger partial charge >= 0.3 is 0 Å². The SMILES string of the molecule is COc1ccc(CNCC=Cc2ccccc2)cn1. The number of hydrogen-bond acceptors (Lipinski definition) is 3. The van der Waals surface area contributed by atoms with E-state index in [-0.39, 0.29) is 0 Å². The Bertz CT molecular complexity index is 506. The van der Waals surface area contributed by atoms with Crippen molar-refractivity contribution in [3.63, 3.8) is 0 Å². The number of hydrogen-bond donors (Lipinski definition) is 1. The molecule has 0 fully saturated rings. The highest BCUT2D eigenvalue weighted by Gasteiger charge is 1.94. The molecule has 0 saturated carbocycles. The summed E-state index contributed by atoms with van der Waals surface area (Å²) in [7, 11) is 1.62. The second-order valence-corrected chi connectivity index (χ2v) is 4.15. The zero-order chi connectivity index (χ0) is 13.3. The van der Waals surface area contributed by atoms with E-state index in [1.54, 1.807) is 7.11 Å². The van der Waals surface area contributed by atoms with E-state index in [1.165, 1.54) is 5.56 Å². The molecule has 2 aromatic rings. The van der Waals surface area contributed by atoms with E-state index in [9.17, 15) is 0 Å². The monoisotopic (exact) mass is 254 g/mol. The summed E-state index contributed by atoms with van der Waals surface area (Å²) in [6.07, 6.45) is 6.05. The highest BCUT2D eigenvalue weighted by atomic mass is 16.5. The molecule has 1 N–H and O–H groups in total. The minimum absolute atomic E-state index is 0.646. The molecule has 3 heteroatoms. The normalized spacial score (nSPS) is 10.8. The van der Waals surface area contributed by atoms with Gasteiger partial charge in [0.05, 0.1) is 7.11 Å². The average molecular weight is 254 g/mol. The largest absolute Gasteiger partial charge is 0.481 e. The lowest BCUT2D eigenvalue weighted by molar-refractivity contribution is 0.397. The van der Waals surface area contributed by atoms with Crippen molar-refractivity contribution in [2.24, 2.45) is 0 Å². The van der Waals surface area contributed by atoms with Crippen molar-refractivity contribution in [1.29, 1.82) is 0 Å². The third-order valence-corrected chi connectivity index (χ3v) is 2.71. The number of pyridine rings is 1. The fraction of sp³-hybridized carbons (Fsp3) is 0.188. The summed E-state index contributed by atoms with van der Waals surface area (Å²) in [6.45, 7) is 1.64. The Morgan fingerprint density at radius 2 is 2.00 bits per heavy atom. The minimum Gasteiger partial charge on any atom is -0.481 e. The van der Waals surface area contributed by atoms with Gasteiger partial charge in [-0.1, -0.05) is 48.6 Å². The first-order valence-corrected chi connectivity index (χ1v) is 6.30. The molecule has 2 rings (SSSR count). The molecule has 0 aliphatic heterocycles. The van der Waals surface area contributed by atoms with Gasteiger partial charge in [0.15, 0.2) is 0 Å². The molecule has 0 spiro atoms. The maximum Gasteiger partial charge on any atom is 0.212 e. The molecule has 0 unspecified atom stereocenters. The van der Waals surface area contributed by atoms with Gasteiger partial charge in [-0.3, -0.25) is 0 Å². The lowest BCUT2D eigenvalue weighted by Gasteiger charge is -2.03. The zero-order valence-electron chi connectivity index (χ0n) is 11.0. The van der Waals surface area contributed by atoms with E-state index in [0.29, 0.717) is 5.88 Å². The number of nitrogens with one attached hydrogen (secondary N) is 1. The number of benzene rings is 1. The van der Waals surface area contributed by atoms with Crippen LogP contribution in [0.15, 0.2) is 54.7 Å². The van der Waals surface area contributed by atoms with Crippen LogP contribution in [0.25, 0.3) is 6.08 Å². The lowest BCUT2D eigenvalue weighted by atomic mass is 10.2. The standard InChI is InChI=1S/C16H18N2O/c1-19-16-10-9-15(13-18-16)12-17-11-5-8-14-6-3-2-4-7-14/h2-10,13,17H,11-12H2,1H3. The first-order valence-electron chi connectivity index (χ1n) is 6.30. The molecule has 0 amide bonds. The predicted molar refractivity (Wildman–Crippen MR) is 78.0 cm³/mol. The molecule has 19 heavy (non-hydrogen) atoms. The molecule has 1 aromatic carbocycles. The number of rotatable bonds is 6. The van der Waals surface area contributed by atoms with E-state index in [4.69, 9.17) is 4.74 Å². The van der Waals surface area contributed by atoms with Crippen LogP contribution in [0.3, 0.4) is 0 Å². The van der Waals surface area contributed by atoms with Gasteiger partial charge in [0.2, 0.25) is 5.88 Å². The lowest BCUT2D eigenvalue weighted by Crippen LogP contribution is -2.12. The van der Waals surface area contributed by atoms with Crippen LogP contribution in [0.4, 0.5) is 0 Å². The summed E-state index contributed by atoms with van der Waals surface area (Å²) in [5.74, 6) is 0.646. The van der Waals surface area contributed by atoms with Crippen LogP contribution in [0.5, 0.6) is 5.88 Å². The first-order chi connectivity index (χ1) is 9.38. The molecule has 0 bridgehead atoms. The highest BCUT2D eigenvalue weighted by Crippen LogP contribution is 2.06. The number of aromatic nitrogens is 1. The van der Waals surface area contributed by atoms with Gasteiger partial charge in [-0.2, -0.15) is 0 Å². The third-order valence-electron chi connectivity index (χ3n) is 2.71. The van der Waals surface area contributed by atoms with Gasteiger partial charge in [0.1, 0.15) is 0 Å². The van der Waals surface area contributed by atoms with Crippen LogP contribution in [0.1, 0.15) is 11.1 Å². The van der Waals surface area contributed by atoms with Gasteiger partial charge in [-0.05, 0) is 11.1 Å². The van der Waals surface area contributed by atoms with E-state index >= 15 is 0 Å². The van der Waals surface area contributed by atoms with Crippen molar-refractivity contribution in [1.82, 2.24) is 10.3 Å². The molecule has 0 aliphatic rings. The molecule has 0 saturated heterocycles. The summed E-state index contributed by atoms with van der Waals surface area (Å²) >= 11 is 0. The molecule has 0 atom stereocenters. The van der Waals surface area contributed by atoms with Gasteiger partial charge in [0.25, 0.3) is 0 Å². The van der Waals surface area contributed by atoms with Crippen LogP contribution in [0.2, 0.25) is 0 Å². The fourth-order valence-corrected chi connectivity index (χ4v) is 1.70. The van der Waals surface area contributed by atoms with Crippen LogP contribution in [0, 0.1) is 0 Å². The molecule has 98 valence electrons. The third kappa shape index (κ3) is 4.56. The van der Waals surface area contributed by atoms with Gasteiger partial charge in [0, 0.05) is 25.4 Å². The van der Waals surface area contributed by atoms with Crippen LogP contribution in [-0.4, -0.2) is 18.6 Å². The van der Waals surface area contributed by atoms with E-state index < -0.39 is 0 Å². The second kappa shape index (κ2) is 7.34. The Labute approximate surface area is 114 Å². The number of ether oxygens (including phenoxy) is 1. The van der Waals surface area contributed by atoms with Crippen LogP contribution in [-0.2, 0) is 6.54 Å². The Morgan fingerprint density at radius 1 is 1.16 bits per heavy atom.